The second-order valence-electron chi connectivity index (χ2n) is 1.64. The molecule has 0 atom stereocenters. The third-order valence-electron chi connectivity index (χ3n) is 0.888. The zero-order chi connectivity index (χ0) is 9.56. The molecule has 0 saturated carbocycles. The van der Waals surface area contributed by atoms with E-state index >= 15 is 0 Å². The lowest BCUT2D eigenvalue weighted by Crippen LogP contribution is -2.00. The van der Waals surface area contributed by atoms with Gasteiger partial charge in [-0.3, -0.25) is 0 Å². The quantitative estimate of drug-likeness (QED) is 0.595. The van der Waals surface area contributed by atoms with E-state index in [1.165, 1.54) is 7.11 Å². The van der Waals surface area contributed by atoms with Gasteiger partial charge in [0.1, 0.15) is 0 Å². The Balaban J connectivity index is 0.000000561. The number of methoxy groups -OCH3 is 1. The first kappa shape index (κ1) is 10.6. The van der Waals surface area contributed by atoms with Gasteiger partial charge >= 0.3 is 11.9 Å². The van der Waals surface area contributed by atoms with Gasteiger partial charge in [-0.15, -0.1) is 0 Å². The van der Waals surface area contributed by atoms with Crippen molar-refractivity contribution >= 4 is 5.97 Å². The number of esters is 1. The molecule has 0 aliphatic rings. The SMILES string of the molecule is CC.COC(=O)c1nc(C)no1. The number of rotatable bonds is 1. The lowest BCUT2D eigenvalue weighted by atomic mass is 10.6. The fourth-order valence-electron chi connectivity index (χ4n) is 0.467. The molecule has 0 fully saturated rings. The van der Waals surface area contributed by atoms with Crippen molar-refractivity contribution in [2.45, 2.75) is 20.8 Å². The molecule has 0 unspecified atom stereocenters. The molecule has 0 radical (unpaired) electrons. The van der Waals surface area contributed by atoms with Crippen LogP contribution in [0.3, 0.4) is 0 Å². The minimum atomic E-state index is -0.611. The van der Waals surface area contributed by atoms with Crippen LogP contribution in [0.4, 0.5) is 0 Å². The van der Waals surface area contributed by atoms with Crippen LogP contribution >= 0.6 is 0 Å². The van der Waals surface area contributed by atoms with E-state index in [1.807, 2.05) is 13.8 Å². The van der Waals surface area contributed by atoms with Crippen molar-refractivity contribution in [2.75, 3.05) is 7.11 Å². The van der Waals surface area contributed by atoms with E-state index in [1.54, 1.807) is 6.92 Å². The van der Waals surface area contributed by atoms with E-state index in [-0.39, 0.29) is 5.89 Å². The molecule has 0 N–H and O–H groups in total. The predicted molar refractivity (Wildman–Crippen MR) is 41.7 cm³/mol. The Labute approximate surface area is 70.7 Å². The molecule has 0 bridgehead atoms. The van der Waals surface area contributed by atoms with Gasteiger partial charge in [0, 0.05) is 0 Å². The molecule has 0 saturated heterocycles. The Morgan fingerprint density at radius 3 is 2.42 bits per heavy atom. The number of hydrogen-bond donors (Lipinski definition) is 0. The fourth-order valence-corrected chi connectivity index (χ4v) is 0.467. The van der Waals surface area contributed by atoms with Gasteiger partial charge in [-0.25, -0.2) is 4.79 Å². The highest BCUT2D eigenvalue weighted by molar-refractivity contribution is 5.83. The molecule has 0 aliphatic heterocycles. The van der Waals surface area contributed by atoms with Crippen LogP contribution in [-0.2, 0) is 4.74 Å². The highest BCUT2D eigenvalue weighted by atomic mass is 16.6. The van der Waals surface area contributed by atoms with E-state index in [9.17, 15) is 4.79 Å². The Bertz CT molecular complexity index is 245. The molecule has 1 aromatic rings. The van der Waals surface area contributed by atoms with Crippen LogP contribution in [0.25, 0.3) is 0 Å². The molecule has 1 aromatic heterocycles. The fraction of sp³-hybridized carbons (Fsp3) is 0.571. The van der Waals surface area contributed by atoms with Crippen molar-refractivity contribution in [1.29, 1.82) is 0 Å². The second-order valence-corrected chi connectivity index (χ2v) is 1.64. The standard InChI is InChI=1S/C5H6N2O3.C2H6/c1-3-6-4(10-7-3)5(8)9-2;1-2/h1-2H3;1-2H3. The molecule has 5 nitrogen and oxygen atoms in total. The van der Waals surface area contributed by atoms with Crippen LogP contribution in [0, 0.1) is 6.92 Å². The number of aryl methyl sites for hydroxylation is 1. The monoisotopic (exact) mass is 172 g/mol. The zero-order valence-corrected chi connectivity index (χ0v) is 7.62. The number of carbonyl (C=O) groups is 1. The molecule has 1 rings (SSSR count). The third kappa shape index (κ3) is 2.69. The Hall–Kier alpha value is -1.39. The third-order valence-corrected chi connectivity index (χ3v) is 0.888. The summed E-state index contributed by atoms with van der Waals surface area (Å²) in [5.41, 5.74) is 0. The highest BCUT2D eigenvalue weighted by Gasteiger charge is 2.12. The van der Waals surface area contributed by atoms with Crippen molar-refractivity contribution in [3.63, 3.8) is 0 Å². The smallest absolute Gasteiger partial charge is 0.397 e. The first-order chi connectivity index (χ1) is 5.74. The van der Waals surface area contributed by atoms with Gasteiger partial charge in [0.2, 0.25) is 0 Å². The molecular formula is C7H12N2O3. The number of aromatic nitrogens is 2. The predicted octanol–water partition coefficient (Wildman–Crippen LogP) is 1.19. The first-order valence-corrected chi connectivity index (χ1v) is 3.62. The van der Waals surface area contributed by atoms with E-state index in [0.717, 1.165) is 0 Å². The van der Waals surface area contributed by atoms with Gasteiger partial charge in [-0.2, -0.15) is 4.98 Å². The summed E-state index contributed by atoms with van der Waals surface area (Å²) in [7, 11) is 1.25. The van der Waals surface area contributed by atoms with Crippen molar-refractivity contribution in [2.24, 2.45) is 0 Å². The maximum atomic E-state index is 10.6. The molecule has 0 amide bonds. The lowest BCUT2D eigenvalue weighted by Gasteiger charge is -1.86. The van der Waals surface area contributed by atoms with Gasteiger partial charge in [-0.05, 0) is 6.92 Å². The van der Waals surface area contributed by atoms with E-state index in [2.05, 4.69) is 19.4 Å². The minimum absolute atomic E-state index is 0.111. The van der Waals surface area contributed by atoms with Crippen molar-refractivity contribution in [3.8, 4) is 0 Å². The molecular weight excluding hydrogens is 160 g/mol. The van der Waals surface area contributed by atoms with E-state index in [0.29, 0.717) is 5.82 Å². The summed E-state index contributed by atoms with van der Waals surface area (Å²) in [6.45, 7) is 5.62. The first-order valence-electron chi connectivity index (χ1n) is 3.62. The number of carbonyl (C=O) groups excluding carboxylic acids is 1. The minimum Gasteiger partial charge on any atom is -0.462 e. The summed E-state index contributed by atoms with van der Waals surface area (Å²) in [5, 5.41) is 3.40. The average Bonchev–Trinajstić information content (AvgIpc) is 2.54. The summed E-state index contributed by atoms with van der Waals surface area (Å²) in [5.74, 6) is -0.305. The zero-order valence-electron chi connectivity index (χ0n) is 7.62. The van der Waals surface area contributed by atoms with Crippen LogP contribution in [0.2, 0.25) is 0 Å². The Kier molecular flexibility index (Phi) is 4.67. The van der Waals surface area contributed by atoms with Crippen LogP contribution < -0.4 is 0 Å². The van der Waals surface area contributed by atoms with Crippen LogP contribution in [-0.4, -0.2) is 23.2 Å². The largest absolute Gasteiger partial charge is 0.462 e. The summed E-state index contributed by atoms with van der Waals surface area (Å²) in [4.78, 5) is 14.2. The van der Waals surface area contributed by atoms with Gasteiger partial charge < -0.3 is 9.26 Å². The molecule has 12 heavy (non-hydrogen) atoms. The normalized spacial score (nSPS) is 8.33. The Morgan fingerprint density at radius 1 is 1.50 bits per heavy atom. The average molecular weight is 172 g/mol. The summed E-state index contributed by atoms with van der Waals surface area (Å²) in [6.07, 6.45) is 0. The molecule has 1 heterocycles. The van der Waals surface area contributed by atoms with E-state index < -0.39 is 5.97 Å². The van der Waals surface area contributed by atoms with Crippen LogP contribution in [0.1, 0.15) is 30.4 Å². The van der Waals surface area contributed by atoms with Crippen LogP contribution in [0.15, 0.2) is 4.52 Å². The van der Waals surface area contributed by atoms with Gasteiger partial charge in [0.25, 0.3) is 0 Å². The second kappa shape index (κ2) is 5.29. The lowest BCUT2D eigenvalue weighted by molar-refractivity contribution is 0.0545. The molecule has 0 spiro atoms. The van der Waals surface area contributed by atoms with Crippen molar-refractivity contribution < 1.29 is 14.1 Å². The number of ether oxygens (including phenoxy) is 1. The Morgan fingerprint density at radius 2 is 2.08 bits per heavy atom. The topological polar surface area (TPSA) is 65.2 Å². The summed E-state index contributed by atoms with van der Waals surface area (Å²) < 4.78 is 8.80. The highest BCUT2D eigenvalue weighted by Crippen LogP contribution is 1.96. The van der Waals surface area contributed by atoms with E-state index in [4.69, 9.17) is 0 Å². The maximum Gasteiger partial charge on any atom is 0.397 e. The number of nitrogens with zero attached hydrogens (tertiary/aromatic N) is 2. The number of hydrogen-bond acceptors (Lipinski definition) is 5. The van der Waals surface area contributed by atoms with Crippen molar-refractivity contribution in [1.82, 2.24) is 10.1 Å². The summed E-state index contributed by atoms with van der Waals surface area (Å²) in [6, 6.07) is 0. The molecule has 0 aromatic carbocycles. The van der Waals surface area contributed by atoms with Crippen LogP contribution in [0.5, 0.6) is 0 Å². The maximum absolute atomic E-state index is 10.6. The van der Waals surface area contributed by atoms with Gasteiger partial charge in [0.05, 0.1) is 7.11 Å². The summed E-state index contributed by atoms with van der Waals surface area (Å²) >= 11 is 0. The van der Waals surface area contributed by atoms with Gasteiger partial charge in [0.15, 0.2) is 5.82 Å². The molecule has 68 valence electrons. The molecule has 5 heteroatoms. The van der Waals surface area contributed by atoms with Gasteiger partial charge in [-0.1, -0.05) is 19.0 Å². The van der Waals surface area contributed by atoms with Crippen molar-refractivity contribution in [3.05, 3.63) is 11.7 Å². The molecule has 0 aliphatic carbocycles.